The van der Waals surface area contributed by atoms with Crippen LogP contribution < -0.4 is 11.2 Å². The average molecular weight is 345 g/mol. The number of nitrogens with one attached hydrogen (secondary N) is 1. The van der Waals surface area contributed by atoms with Crippen LogP contribution in [0.25, 0.3) is 0 Å². The molecule has 1 heterocycles. The highest BCUT2D eigenvalue weighted by atomic mass is 32.2. The Morgan fingerprint density at radius 1 is 1.35 bits per heavy atom. The first-order valence-corrected chi connectivity index (χ1v) is 7.43. The van der Waals surface area contributed by atoms with Crippen LogP contribution in [0.4, 0.5) is 13.2 Å². The van der Waals surface area contributed by atoms with E-state index in [0.717, 1.165) is 17.3 Å². The van der Waals surface area contributed by atoms with Crippen LogP contribution >= 0.6 is 11.8 Å². The predicted molar refractivity (Wildman–Crippen MR) is 78.8 cm³/mol. The SMILES string of the molecule is C[C@@H](Sc1nnc(C(F)(F)F)n1N)C(=O)NCc1ccccc1. The fourth-order valence-corrected chi connectivity index (χ4v) is 2.49. The van der Waals surface area contributed by atoms with Crippen molar-refractivity contribution < 1.29 is 18.0 Å². The molecule has 2 rings (SSSR count). The van der Waals surface area contributed by atoms with Crippen LogP contribution in [0.1, 0.15) is 18.3 Å². The Labute approximate surface area is 134 Å². The van der Waals surface area contributed by atoms with Gasteiger partial charge in [0.15, 0.2) is 0 Å². The van der Waals surface area contributed by atoms with Gasteiger partial charge in [0.05, 0.1) is 5.25 Å². The molecule has 0 aliphatic rings. The van der Waals surface area contributed by atoms with Crippen molar-refractivity contribution in [2.24, 2.45) is 0 Å². The number of carbonyl (C=O) groups excluding carboxylic acids is 1. The monoisotopic (exact) mass is 345 g/mol. The van der Waals surface area contributed by atoms with Gasteiger partial charge in [0, 0.05) is 6.54 Å². The van der Waals surface area contributed by atoms with Gasteiger partial charge in [0.1, 0.15) is 0 Å². The molecule has 1 amide bonds. The number of aromatic nitrogens is 3. The number of halogens is 3. The molecule has 6 nitrogen and oxygen atoms in total. The maximum Gasteiger partial charge on any atom is 0.453 e. The summed E-state index contributed by atoms with van der Waals surface area (Å²) in [6.07, 6.45) is -4.70. The molecule has 0 aliphatic heterocycles. The van der Waals surface area contributed by atoms with Gasteiger partial charge in [0.25, 0.3) is 5.82 Å². The van der Waals surface area contributed by atoms with Gasteiger partial charge in [-0.1, -0.05) is 42.1 Å². The van der Waals surface area contributed by atoms with E-state index in [0.29, 0.717) is 11.2 Å². The molecule has 0 radical (unpaired) electrons. The predicted octanol–water partition coefficient (Wildman–Crippen LogP) is 1.81. The summed E-state index contributed by atoms with van der Waals surface area (Å²) in [5, 5.41) is 8.22. The summed E-state index contributed by atoms with van der Waals surface area (Å²) in [4.78, 5) is 12.0. The molecule has 3 N–H and O–H groups in total. The van der Waals surface area contributed by atoms with Crippen LogP contribution in [-0.4, -0.2) is 26.0 Å². The Morgan fingerprint density at radius 3 is 2.57 bits per heavy atom. The van der Waals surface area contributed by atoms with E-state index in [1.54, 1.807) is 6.92 Å². The highest BCUT2D eigenvalue weighted by molar-refractivity contribution is 8.00. The topological polar surface area (TPSA) is 85.8 Å². The van der Waals surface area contributed by atoms with Crippen molar-refractivity contribution in [1.29, 1.82) is 0 Å². The first-order chi connectivity index (χ1) is 10.8. The molecular weight excluding hydrogens is 331 g/mol. The quantitative estimate of drug-likeness (QED) is 0.638. The first kappa shape index (κ1) is 17.1. The molecule has 0 bridgehead atoms. The highest BCUT2D eigenvalue weighted by Gasteiger charge is 2.38. The van der Waals surface area contributed by atoms with Crippen molar-refractivity contribution in [3.05, 3.63) is 41.7 Å². The van der Waals surface area contributed by atoms with Crippen LogP contribution in [0.2, 0.25) is 0 Å². The molecule has 0 unspecified atom stereocenters. The van der Waals surface area contributed by atoms with E-state index in [1.807, 2.05) is 30.3 Å². The normalized spacial score (nSPS) is 12.9. The van der Waals surface area contributed by atoms with E-state index in [4.69, 9.17) is 5.84 Å². The lowest BCUT2D eigenvalue weighted by Gasteiger charge is -2.12. The Kier molecular flexibility index (Phi) is 5.14. The first-order valence-electron chi connectivity index (χ1n) is 6.55. The molecule has 23 heavy (non-hydrogen) atoms. The number of carbonyl (C=O) groups is 1. The van der Waals surface area contributed by atoms with Crippen LogP contribution in [0.15, 0.2) is 35.5 Å². The smallest absolute Gasteiger partial charge is 0.351 e. The number of benzene rings is 1. The molecule has 0 fully saturated rings. The number of alkyl halides is 3. The Hall–Kier alpha value is -2.23. The number of nitrogens with two attached hydrogens (primary N) is 1. The number of nitrogen functional groups attached to an aromatic ring is 1. The zero-order valence-corrected chi connectivity index (χ0v) is 12.9. The zero-order valence-electron chi connectivity index (χ0n) is 12.0. The van der Waals surface area contributed by atoms with E-state index < -0.39 is 17.3 Å². The van der Waals surface area contributed by atoms with Crippen LogP contribution in [0, 0.1) is 0 Å². The number of nitrogens with zero attached hydrogens (tertiary/aromatic N) is 3. The van der Waals surface area contributed by atoms with Crippen molar-refractivity contribution >= 4 is 17.7 Å². The average Bonchev–Trinajstić information content (AvgIpc) is 2.87. The molecule has 0 aliphatic carbocycles. The van der Waals surface area contributed by atoms with Crippen LogP contribution in [0.5, 0.6) is 0 Å². The van der Waals surface area contributed by atoms with Gasteiger partial charge in [-0.3, -0.25) is 4.79 Å². The zero-order chi connectivity index (χ0) is 17.0. The molecule has 0 saturated heterocycles. The lowest BCUT2D eigenvalue weighted by Crippen LogP contribution is -2.31. The van der Waals surface area contributed by atoms with Crippen molar-refractivity contribution in [3.63, 3.8) is 0 Å². The largest absolute Gasteiger partial charge is 0.453 e. The summed E-state index contributed by atoms with van der Waals surface area (Å²) < 4.78 is 38.1. The molecule has 1 atom stereocenters. The summed E-state index contributed by atoms with van der Waals surface area (Å²) in [5.74, 6) is 3.68. The lowest BCUT2D eigenvalue weighted by molar-refractivity contribution is -0.146. The van der Waals surface area contributed by atoms with E-state index >= 15 is 0 Å². The summed E-state index contributed by atoms with van der Waals surface area (Å²) >= 11 is 0.803. The maximum atomic E-state index is 12.6. The van der Waals surface area contributed by atoms with Gasteiger partial charge in [0.2, 0.25) is 11.1 Å². The number of thioether (sulfide) groups is 1. The second-order valence-electron chi connectivity index (χ2n) is 4.64. The Balaban J connectivity index is 1.95. The van der Waals surface area contributed by atoms with E-state index in [9.17, 15) is 18.0 Å². The third kappa shape index (κ3) is 4.38. The number of amides is 1. The third-order valence-electron chi connectivity index (χ3n) is 2.88. The van der Waals surface area contributed by atoms with E-state index in [-0.39, 0.29) is 11.1 Å². The Bertz CT molecular complexity index is 674. The number of hydrogen-bond donors (Lipinski definition) is 2. The number of hydrogen-bond acceptors (Lipinski definition) is 5. The fraction of sp³-hybridized carbons (Fsp3) is 0.308. The summed E-state index contributed by atoms with van der Waals surface area (Å²) in [6, 6.07) is 9.25. The molecule has 2 aromatic rings. The Morgan fingerprint density at radius 2 is 2.00 bits per heavy atom. The van der Waals surface area contributed by atoms with Gasteiger partial charge in [-0.25, -0.2) is 4.68 Å². The number of rotatable bonds is 5. The van der Waals surface area contributed by atoms with E-state index in [2.05, 4.69) is 15.5 Å². The minimum absolute atomic E-state index is 0.181. The molecule has 0 saturated carbocycles. The highest BCUT2D eigenvalue weighted by Crippen LogP contribution is 2.30. The van der Waals surface area contributed by atoms with E-state index in [1.165, 1.54) is 0 Å². The summed E-state index contributed by atoms with van der Waals surface area (Å²) in [6.45, 7) is 1.88. The molecule has 1 aromatic carbocycles. The summed E-state index contributed by atoms with van der Waals surface area (Å²) in [5.41, 5.74) is 0.916. The minimum Gasteiger partial charge on any atom is -0.351 e. The van der Waals surface area contributed by atoms with Gasteiger partial charge in [-0.05, 0) is 12.5 Å². The van der Waals surface area contributed by atoms with Crippen molar-refractivity contribution in [1.82, 2.24) is 20.2 Å². The van der Waals surface area contributed by atoms with Gasteiger partial charge >= 0.3 is 6.18 Å². The maximum absolute atomic E-state index is 12.6. The minimum atomic E-state index is -4.70. The van der Waals surface area contributed by atoms with Crippen molar-refractivity contribution in [2.45, 2.75) is 30.1 Å². The van der Waals surface area contributed by atoms with Gasteiger partial charge in [-0.2, -0.15) is 13.2 Å². The van der Waals surface area contributed by atoms with Gasteiger partial charge < -0.3 is 11.2 Å². The molecular formula is C13H14F3N5OS. The van der Waals surface area contributed by atoms with Gasteiger partial charge in [-0.15, -0.1) is 10.2 Å². The molecule has 10 heteroatoms. The second-order valence-corrected chi connectivity index (χ2v) is 5.95. The second kappa shape index (κ2) is 6.90. The third-order valence-corrected chi connectivity index (χ3v) is 3.94. The lowest BCUT2D eigenvalue weighted by atomic mass is 10.2. The summed E-state index contributed by atoms with van der Waals surface area (Å²) in [7, 11) is 0. The molecule has 0 spiro atoms. The van der Waals surface area contributed by atoms with Crippen molar-refractivity contribution in [2.75, 3.05) is 5.84 Å². The standard InChI is InChI=1S/C13H14F3N5OS/c1-8(10(22)18-7-9-5-3-2-4-6-9)23-12-20-19-11(21(12)17)13(14,15)16/h2-6,8H,7,17H2,1H3,(H,18,22)/t8-/m1/s1. The fourth-order valence-electron chi connectivity index (χ4n) is 1.69. The van der Waals surface area contributed by atoms with Crippen LogP contribution in [-0.2, 0) is 17.5 Å². The molecule has 124 valence electrons. The molecule has 1 aromatic heterocycles. The van der Waals surface area contributed by atoms with Crippen molar-refractivity contribution in [3.8, 4) is 0 Å². The van der Waals surface area contributed by atoms with Crippen LogP contribution in [0.3, 0.4) is 0 Å².